The van der Waals surface area contributed by atoms with E-state index >= 15 is 0 Å². The second-order valence-electron chi connectivity index (χ2n) is 7.90. The largest absolute Gasteiger partial charge is 0.352 e. The lowest BCUT2D eigenvalue weighted by molar-refractivity contribution is -0.122. The highest BCUT2D eigenvalue weighted by atomic mass is 16.1. The highest BCUT2D eigenvalue weighted by Gasteiger charge is 2.25. The predicted molar refractivity (Wildman–Crippen MR) is 84.9 cm³/mol. The summed E-state index contributed by atoms with van der Waals surface area (Å²) in [5.74, 6) is 0.172. The predicted octanol–water partition coefficient (Wildman–Crippen LogP) is 2.10. The third-order valence-electron chi connectivity index (χ3n) is 3.71. The summed E-state index contributed by atoms with van der Waals surface area (Å²) in [4.78, 5) is 16.8. The zero-order valence-electron chi connectivity index (χ0n) is 14.3. The van der Waals surface area contributed by atoms with Crippen molar-refractivity contribution in [2.24, 2.45) is 0 Å². The van der Waals surface area contributed by atoms with Crippen molar-refractivity contribution in [1.29, 1.82) is 0 Å². The van der Waals surface area contributed by atoms with Gasteiger partial charge in [0.15, 0.2) is 0 Å². The van der Waals surface area contributed by atoms with Crippen LogP contribution in [-0.2, 0) is 4.79 Å². The van der Waals surface area contributed by atoms with E-state index < -0.39 is 0 Å². The molecule has 4 heteroatoms. The molecule has 1 N–H and O–H groups in total. The van der Waals surface area contributed by atoms with E-state index in [0.29, 0.717) is 6.42 Å². The number of hydrogen-bond acceptors (Lipinski definition) is 3. The van der Waals surface area contributed by atoms with Crippen molar-refractivity contribution in [1.82, 2.24) is 15.1 Å². The molecule has 0 aromatic heterocycles. The molecule has 1 rings (SSSR count). The lowest BCUT2D eigenvalue weighted by atomic mass is 10.0. The Hall–Kier alpha value is -0.610. The van der Waals surface area contributed by atoms with Crippen molar-refractivity contribution in [2.45, 2.75) is 65.5 Å². The molecule has 20 heavy (non-hydrogen) atoms. The van der Waals surface area contributed by atoms with E-state index in [-0.39, 0.29) is 17.0 Å². The minimum absolute atomic E-state index is 0.116. The zero-order chi connectivity index (χ0) is 15.4. The number of nitrogens with zero attached hydrogens (tertiary/aromatic N) is 2. The van der Waals surface area contributed by atoms with Crippen molar-refractivity contribution < 1.29 is 4.79 Å². The monoisotopic (exact) mass is 283 g/mol. The molecule has 0 aliphatic carbocycles. The van der Waals surface area contributed by atoms with Crippen LogP contribution in [0.2, 0.25) is 0 Å². The van der Waals surface area contributed by atoms with Crippen molar-refractivity contribution in [3.8, 4) is 0 Å². The van der Waals surface area contributed by atoms with Crippen LogP contribution in [0.3, 0.4) is 0 Å². The number of nitrogens with one attached hydrogen (secondary N) is 1. The summed E-state index contributed by atoms with van der Waals surface area (Å²) in [7, 11) is 0. The average Bonchev–Trinajstić information content (AvgIpc) is 2.26. The zero-order valence-corrected chi connectivity index (χ0v) is 14.3. The number of amides is 1. The van der Waals surface area contributed by atoms with Gasteiger partial charge < -0.3 is 10.2 Å². The number of carbonyl (C=O) groups is 1. The van der Waals surface area contributed by atoms with Gasteiger partial charge in [0.1, 0.15) is 0 Å². The molecular weight excluding hydrogens is 250 g/mol. The third-order valence-corrected chi connectivity index (χ3v) is 3.71. The first-order chi connectivity index (χ1) is 9.08. The van der Waals surface area contributed by atoms with Gasteiger partial charge >= 0.3 is 0 Å². The standard InChI is InChI=1S/C16H33N3O/c1-15(2,3)17-14(20)8-7-9-18-10-12-19(13-11-18)16(4,5)6/h7-13H2,1-6H3,(H,17,20). The van der Waals surface area contributed by atoms with E-state index in [0.717, 1.165) is 39.1 Å². The van der Waals surface area contributed by atoms with Gasteiger partial charge in [-0.2, -0.15) is 0 Å². The van der Waals surface area contributed by atoms with Crippen LogP contribution in [0, 0.1) is 0 Å². The second kappa shape index (κ2) is 6.90. The van der Waals surface area contributed by atoms with Gasteiger partial charge in [-0.1, -0.05) is 0 Å². The molecule has 0 bridgehead atoms. The molecule has 4 nitrogen and oxygen atoms in total. The molecule has 0 atom stereocenters. The van der Waals surface area contributed by atoms with Crippen LogP contribution in [0.1, 0.15) is 54.4 Å². The molecule has 118 valence electrons. The van der Waals surface area contributed by atoms with Gasteiger partial charge in [0.25, 0.3) is 0 Å². The van der Waals surface area contributed by atoms with Gasteiger partial charge in [-0.3, -0.25) is 9.69 Å². The topological polar surface area (TPSA) is 35.6 Å². The van der Waals surface area contributed by atoms with Crippen molar-refractivity contribution in [2.75, 3.05) is 32.7 Å². The van der Waals surface area contributed by atoms with Crippen LogP contribution < -0.4 is 5.32 Å². The van der Waals surface area contributed by atoms with Gasteiger partial charge in [-0.15, -0.1) is 0 Å². The molecule has 1 amide bonds. The van der Waals surface area contributed by atoms with Crippen LogP contribution in [0.25, 0.3) is 0 Å². The molecule has 0 aromatic rings. The third kappa shape index (κ3) is 6.71. The number of carbonyl (C=O) groups excluding carboxylic acids is 1. The first kappa shape index (κ1) is 17.4. The molecule has 1 saturated heterocycles. The van der Waals surface area contributed by atoms with Crippen LogP contribution in [-0.4, -0.2) is 59.5 Å². The van der Waals surface area contributed by atoms with Crippen LogP contribution in [0.5, 0.6) is 0 Å². The summed E-state index contributed by atoms with van der Waals surface area (Å²) in [5, 5.41) is 3.02. The van der Waals surface area contributed by atoms with E-state index in [1.54, 1.807) is 0 Å². The maximum absolute atomic E-state index is 11.7. The Bertz CT molecular complexity index is 307. The SMILES string of the molecule is CC(C)(C)NC(=O)CCCN1CCN(C(C)(C)C)CC1. The molecule has 0 radical (unpaired) electrons. The maximum atomic E-state index is 11.7. The average molecular weight is 283 g/mol. The van der Waals surface area contributed by atoms with Gasteiger partial charge in [0.05, 0.1) is 0 Å². The fourth-order valence-electron chi connectivity index (χ4n) is 2.59. The van der Waals surface area contributed by atoms with Crippen molar-refractivity contribution in [3.05, 3.63) is 0 Å². The molecule has 1 fully saturated rings. The molecule has 0 saturated carbocycles. The normalized spacial score (nSPS) is 19.1. The number of hydrogen-bond donors (Lipinski definition) is 1. The molecular formula is C16H33N3O. The number of piperazine rings is 1. The van der Waals surface area contributed by atoms with E-state index in [1.807, 2.05) is 20.8 Å². The maximum Gasteiger partial charge on any atom is 0.220 e. The smallest absolute Gasteiger partial charge is 0.220 e. The summed E-state index contributed by atoms with van der Waals surface area (Å²) in [6.45, 7) is 18.5. The van der Waals surface area contributed by atoms with E-state index in [4.69, 9.17) is 0 Å². The Balaban J connectivity index is 2.18. The van der Waals surface area contributed by atoms with Crippen LogP contribution in [0.4, 0.5) is 0 Å². The Morgan fingerprint density at radius 3 is 2.00 bits per heavy atom. The summed E-state index contributed by atoms with van der Waals surface area (Å²) in [6, 6.07) is 0. The van der Waals surface area contributed by atoms with Gasteiger partial charge in [0, 0.05) is 43.7 Å². The lowest BCUT2D eigenvalue weighted by Crippen LogP contribution is -2.53. The van der Waals surface area contributed by atoms with Gasteiger partial charge in [-0.25, -0.2) is 0 Å². The van der Waals surface area contributed by atoms with Gasteiger partial charge in [0.2, 0.25) is 5.91 Å². The Morgan fingerprint density at radius 2 is 1.55 bits per heavy atom. The van der Waals surface area contributed by atoms with Gasteiger partial charge in [-0.05, 0) is 54.5 Å². The minimum Gasteiger partial charge on any atom is -0.352 e. The molecule has 0 unspecified atom stereocenters. The highest BCUT2D eigenvalue weighted by Crippen LogP contribution is 2.15. The summed E-state index contributed by atoms with van der Waals surface area (Å²) < 4.78 is 0. The van der Waals surface area contributed by atoms with Crippen molar-refractivity contribution in [3.63, 3.8) is 0 Å². The van der Waals surface area contributed by atoms with Crippen molar-refractivity contribution >= 4 is 5.91 Å². The Morgan fingerprint density at radius 1 is 1.00 bits per heavy atom. The Kier molecular flexibility index (Phi) is 6.02. The van der Waals surface area contributed by atoms with E-state index in [2.05, 4.69) is 35.9 Å². The molecule has 1 aliphatic heterocycles. The Labute approximate surface area is 124 Å². The fraction of sp³-hybridized carbons (Fsp3) is 0.938. The molecule has 0 aromatic carbocycles. The lowest BCUT2D eigenvalue weighted by Gasteiger charge is -2.42. The summed E-state index contributed by atoms with van der Waals surface area (Å²) >= 11 is 0. The summed E-state index contributed by atoms with van der Waals surface area (Å²) in [5.41, 5.74) is 0.161. The summed E-state index contributed by atoms with van der Waals surface area (Å²) in [6.07, 6.45) is 1.59. The molecule has 1 heterocycles. The van der Waals surface area contributed by atoms with Crippen LogP contribution >= 0.6 is 0 Å². The second-order valence-corrected chi connectivity index (χ2v) is 7.90. The van der Waals surface area contributed by atoms with Crippen LogP contribution in [0.15, 0.2) is 0 Å². The van der Waals surface area contributed by atoms with E-state index in [9.17, 15) is 4.79 Å². The molecule has 0 spiro atoms. The number of rotatable bonds is 4. The van der Waals surface area contributed by atoms with E-state index in [1.165, 1.54) is 0 Å². The fourth-order valence-corrected chi connectivity index (χ4v) is 2.59. The highest BCUT2D eigenvalue weighted by molar-refractivity contribution is 5.76. The molecule has 1 aliphatic rings. The first-order valence-corrected chi connectivity index (χ1v) is 7.86. The minimum atomic E-state index is -0.116. The first-order valence-electron chi connectivity index (χ1n) is 7.86. The quantitative estimate of drug-likeness (QED) is 0.858.